The maximum Gasteiger partial charge on any atom is 0.0420 e. The summed E-state index contributed by atoms with van der Waals surface area (Å²) in [4.78, 5) is 2.58. The van der Waals surface area contributed by atoms with Crippen LogP contribution in [0, 0.1) is 17.8 Å². The van der Waals surface area contributed by atoms with Gasteiger partial charge in [-0.05, 0) is 57.0 Å². The average molecular weight is 284 g/mol. The molecule has 5 unspecified atom stereocenters. The molecule has 20 heavy (non-hydrogen) atoms. The van der Waals surface area contributed by atoms with Crippen molar-refractivity contribution >= 4 is 0 Å². The van der Waals surface area contributed by atoms with Gasteiger partial charge in [-0.15, -0.1) is 0 Å². The third kappa shape index (κ3) is 3.55. The van der Waals surface area contributed by atoms with Crippen LogP contribution in [0.1, 0.15) is 67.2 Å². The molecule has 0 spiro atoms. The van der Waals surface area contributed by atoms with Crippen molar-refractivity contribution in [2.45, 2.75) is 78.8 Å². The van der Waals surface area contributed by atoms with Gasteiger partial charge in [-0.1, -0.05) is 41.0 Å². The van der Waals surface area contributed by atoms with Crippen LogP contribution in [0.25, 0.3) is 0 Å². The van der Waals surface area contributed by atoms with Crippen molar-refractivity contribution in [2.75, 3.05) is 13.1 Å². The summed E-state index contributed by atoms with van der Waals surface area (Å²) in [5.41, 5.74) is 3.36. The minimum Gasteiger partial charge on any atom is -0.297 e. The van der Waals surface area contributed by atoms with Gasteiger partial charge in [-0.2, -0.15) is 0 Å². The molecule has 0 heterocycles. The van der Waals surface area contributed by atoms with Crippen molar-refractivity contribution in [3.05, 3.63) is 0 Å². The molecule has 3 N–H and O–H groups in total. The number of nitrogens with one attached hydrogen (secondary N) is 1. The zero-order chi connectivity index (χ0) is 15.3. The second-order valence-corrected chi connectivity index (χ2v) is 7.06. The monoisotopic (exact) mass is 283 g/mol. The van der Waals surface area contributed by atoms with Crippen LogP contribution >= 0.6 is 0 Å². The highest BCUT2D eigenvalue weighted by atomic mass is 15.3. The molecule has 1 aliphatic carbocycles. The number of nitrogens with zero attached hydrogens (tertiary/aromatic N) is 1. The lowest BCUT2D eigenvalue weighted by Gasteiger charge is -2.50. The van der Waals surface area contributed by atoms with E-state index in [1.165, 1.54) is 19.3 Å². The van der Waals surface area contributed by atoms with E-state index in [4.69, 9.17) is 5.84 Å². The summed E-state index contributed by atoms with van der Waals surface area (Å²) in [7, 11) is 0. The Morgan fingerprint density at radius 3 is 2.15 bits per heavy atom. The molecule has 3 nitrogen and oxygen atoms in total. The molecular weight excluding hydrogens is 246 g/mol. The molecule has 0 amide bonds. The lowest BCUT2D eigenvalue weighted by Crippen LogP contribution is -2.64. The van der Waals surface area contributed by atoms with Crippen molar-refractivity contribution in [1.82, 2.24) is 10.3 Å². The Hall–Kier alpha value is -0.120. The third-order valence-corrected chi connectivity index (χ3v) is 6.16. The first kappa shape index (κ1) is 17.9. The van der Waals surface area contributed by atoms with Crippen LogP contribution in [0.5, 0.6) is 0 Å². The molecular formula is C17H37N3. The maximum atomic E-state index is 6.02. The van der Waals surface area contributed by atoms with Crippen LogP contribution in [0.4, 0.5) is 0 Å². The van der Waals surface area contributed by atoms with Gasteiger partial charge in [0.1, 0.15) is 0 Å². The molecule has 120 valence electrons. The van der Waals surface area contributed by atoms with E-state index in [0.29, 0.717) is 12.0 Å². The number of likely N-dealkylation sites (N-methyl/N-ethyl adjacent to an activating group) is 1. The first-order valence-corrected chi connectivity index (χ1v) is 8.65. The number of hydrazine groups is 1. The van der Waals surface area contributed by atoms with E-state index in [-0.39, 0.29) is 5.54 Å². The van der Waals surface area contributed by atoms with Gasteiger partial charge in [0, 0.05) is 11.6 Å². The second kappa shape index (κ2) is 7.77. The van der Waals surface area contributed by atoms with Gasteiger partial charge in [0.05, 0.1) is 0 Å². The Kier molecular flexibility index (Phi) is 6.96. The average Bonchev–Trinajstić information content (AvgIpc) is 2.44. The Balaban J connectivity index is 2.91. The Morgan fingerprint density at radius 2 is 1.75 bits per heavy atom. The van der Waals surface area contributed by atoms with Gasteiger partial charge in [-0.3, -0.25) is 16.2 Å². The summed E-state index contributed by atoms with van der Waals surface area (Å²) in [5, 5.41) is 0. The van der Waals surface area contributed by atoms with Gasteiger partial charge >= 0.3 is 0 Å². The normalized spacial score (nSPS) is 32.1. The molecule has 0 aliphatic heterocycles. The summed E-state index contributed by atoms with van der Waals surface area (Å²) >= 11 is 0. The molecule has 0 saturated heterocycles. The van der Waals surface area contributed by atoms with E-state index >= 15 is 0 Å². The van der Waals surface area contributed by atoms with E-state index in [1.54, 1.807) is 0 Å². The van der Waals surface area contributed by atoms with Crippen LogP contribution in [-0.4, -0.2) is 29.6 Å². The summed E-state index contributed by atoms with van der Waals surface area (Å²) in [6, 6.07) is 0.391. The quantitative estimate of drug-likeness (QED) is 0.556. The smallest absolute Gasteiger partial charge is 0.0420 e. The van der Waals surface area contributed by atoms with Crippen LogP contribution in [0.15, 0.2) is 0 Å². The Morgan fingerprint density at radius 1 is 1.15 bits per heavy atom. The highest BCUT2D eigenvalue weighted by Gasteiger charge is 2.42. The minimum atomic E-state index is 0.156. The van der Waals surface area contributed by atoms with Gasteiger partial charge in [0.15, 0.2) is 0 Å². The minimum absolute atomic E-state index is 0.156. The lowest BCUT2D eigenvalue weighted by molar-refractivity contribution is 0.0250. The molecule has 0 aromatic carbocycles. The summed E-state index contributed by atoms with van der Waals surface area (Å²) in [6.45, 7) is 16.2. The number of hydrogen-bond acceptors (Lipinski definition) is 3. The fraction of sp³-hybridized carbons (Fsp3) is 1.00. The van der Waals surface area contributed by atoms with Crippen LogP contribution in [0.3, 0.4) is 0 Å². The SMILES string of the molecule is CCN(CC)C(C)(CC)C(NN)C1CCC(C)C(C)C1. The first-order valence-electron chi connectivity index (χ1n) is 8.65. The molecule has 5 atom stereocenters. The zero-order valence-electron chi connectivity index (χ0n) is 14.6. The van der Waals surface area contributed by atoms with E-state index in [0.717, 1.165) is 31.3 Å². The summed E-state index contributed by atoms with van der Waals surface area (Å²) in [6.07, 6.45) is 5.12. The fourth-order valence-electron chi connectivity index (χ4n) is 4.30. The van der Waals surface area contributed by atoms with Crippen LogP contribution < -0.4 is 11.3 Å². The largest absolute Gasteiger partial charge is 0.297 e. The molecule has 1 saturated carbocycles. The van der Waals surface area contributed by atoms with Gasteiger partial charge < -0.3 is 0 Å². The highest BCUT2D eigenvalue weighted by molar-refractivity contribution is 4.99. The molecule has 1 rings (SSSR count). The highest BCUT2D eigenvalue weighted by Crippen LogP contribution is 2.39. The molecule has 3 heteroatoms. The summed E-state index contributed by atoms with van der Waals surface area (Å²) in [5.74, 6) is 8.41. The standard InChI is InChI=1S/C17H37N3/c1-7-17(6,20(8-2)9-3)16(19-18)15-11-10-13(4)14(5)12-15/h13-16,19H,7-12,18H2,1-6H3. The molecule has 0 aromatic heterocycles. The van der Waals surface area contributed by atoms with E-state index in [2.05, 4.69) is 51.9 Å². The maximum absolute atomic E-state index is 6.02. The predicted octanol–water partition coefficient (Wildman–Crippen LogP) is 3.40. The number of rotatable bonds is 7. The topological polar surface area (TPSA) is 41.3 Å². The van der Waals surface area contributed by atoms with Crippen LogP contribution in [0.2, 0.25) is 0 Å². The molecule has 0 bridgehead atoms. The van der Waals surface area contributed by atoms with E-state index in [1.807, 2.05) is 0 Å². The lowest BCUT2D eigenvalue weighted by atomic mass is 9.68. The van der Waals surface area contributed by atoms with E-state index in [9.17, 15) is 0 Å². The van der Waals surface area contributed by atoms with Crippen molar-refractivity contribution in [1.29, 1.82) is 0 Å². The van der Waals surface area contributed by atoms with Gasteiger partial charge in [-0.25, -0.2) is 0 Å². The number of nitrogens with two attached hydrogens (primary N) is 1. The fourth-order valence-corrected chi connectivity index (χ4v) is 4.30. The van der Waals surface area contributed by atoms with E-state index < -0.39 is 0 Å². The third-order valence-electron chi connectivity index (χ3n) is 6.16. The molecule has 1 aliphatic rings. The van der Waals surface area contributed by atoms with Gasteiger partial charge in [0.2, 0.25) is 0 Å². The zero-order valence-corrected chi connectivity index (χ0v) is 14.6. The van der Waals surface area contributed by atoms with Crippen LogP contribution in [-0.2, 0) is 0 Å². The van der Waals surface area contributed by atoms with Gasteiger partial charge in [0.25, 0.3) is 0 Å². The summed E-state index contributed by atoms with van der Waals surface area (Å²) < 4.78 is 0. The van der Waals surface area contributed by atoms with Crippen molar-refractivity contribution in [3.63, 3.8) is 0 Å². The van der Waals surface area contributed by atoms with Crippen molar-refractivity contribution < 1.29 is 0 Å². The molecule has 1 fully saturated rings. The Labute approximate surface area is 126 Å². The number of hydrogen-bond donors (Lipinski definition) is 2. The second-order valence-electron chi connectivity index (χ2n) is 7.06. The first-order chi connectivity index (χ1) is 9.44. The van der Waals surface area contributed by atoms with Crippen molar-refractivity contribution in [2.24, 2.45) is 23.6 Å². The predicted molar refractivity (Wildman–Crippen MR) is 88.4 cm³/mol. The van der Waals surface area contributed by atoms with Crippen molar-refractivity contribution in [3.8, 4) is 0 Å². The molecule has 0 radical (unpaired) electrons. The Bertz CT molecular complexity index is 277. The molecule has 0 aromatic rings.